The van der Waals surface area contributed by atoms with Crippen molar-refractivity contribution in [3.05, 3.63) is 34.1 Å². The Labute approximate surface area is 98.0 Å². The monoisotopic (exact) mass is 275 g/mol. The van der Waals surface area contributed by atoms with E-state index in [0.29, 0.717) is 18.8 Å². The van der Waals surface area contributed by atoms with Crippen molar-refractivity contribution in [3.63, 3.8) is 0 Å². The zero-order valence-electron chi connectivity index (χ0n) is 8.72. The number of benzene rings is 1. The lowest BCUT2D eigenvalue weighted by Gasteiger charge is -2.06. The molecular formula is C11H15BrFNO. The zero-order valence-corrected chi connectivity index (χ0v) is 10.3. The molecule has 15 heavy (non-hydrogen) atoms. The van der Waals surface area contributed by atoms with Gasteiger partial charge in [-0.1, -0.05) is 28.9 Å². The second-order valence-corrected chi connectivity index (χ2v) is 4.06. The normalized spacial score (nSPS) is 10.6. The molecule has 1 aromatic carbocycles. The molecule has 0 unspecified atom stereocenters. The molecule has 1 rings (SSSR count). The van der Waals surface area contributed by atoms with Crippen LogP contribution in [0.4, 0.5) is 4.39 Å². The van der Waals surface area contributed by atoms with Crippen LogP contribution in [-0.4, -0.2) is 19.7 Å². The molecule has 1 aromatic rings. The molecule has 0 aliphatic heterocycles. The van der Waals surface area contributed by atoms with Gasteiger partial charge in [0.2, 0.25) is 0 Å². The Balaban J connectivity index is 2.31. The fraction of sp³-hybridized carbons (Fsp3) is 0.455. The van der Waals surface area contributed by atoms with Crippen LogP contribution in [0.25, 0.3) is 0 Å². The summed E-state index contributed by atoms with van der Waals surface area (Å²) in [5.74, 6) is -0.229. The largest absolute Gasteiger partial charge is 0.375 e. The van der Waals surface area contributed by atoms with Gasteiger partial charge in [-0.25, -0.2) is 4.39 Å². The second-order valence-electron chi connectivity index (χ2n) is 3.14. The fourth-order valence-electron chi connectivity index (χ4n) is 1.14. The maximum absolute atomic E-state index is 13.3. The van der Waals surface area contributed by atoms with Gasteiger partial charge in [0.1, 0.15) is 5.82 Å². The molecule has 4 heteroatoms. The van der Waals surface area contributed by atoms with Gasteiger partial charge in [0.15, 0.2) is 0 Å². The van der Waals surface area contributed by atoms with Crippen LogP contribution >= 0.6 is 15.9 Å². The summed E-state index contributed by atoms with van der Waals surface area (Å²) in [5.41, 5.74) is 0.592. The summed E-state index contributed by atoms with van der Waals surface area (Å²) in [4.78, 5) is 0. The number of likely N-dealkylation sites (N-methyl/N-ethyl adjacent to an activating group) is 1. The van der Waals surface area contributed by atoms with Gasteiger partial charge in [0, 0.05) is 16.6 Å². The summed E-state index contributed by atoms with van der Waals surface area (Å²) in [5, 5.41) is 3.13. The number of ether oxygens (including phenoxy) is 1. The van der Waals surface area contributed by atoms with Gasteiger partial charge >= 0.3 is 0 Å². The molecule has 84 valence electrons. The van der Waals surface area contributed by atoms with Crippen LogP contribution in [0.1, 0.15) is 12.5 Å². The van der Waals surface area contributed by atoms with E-state index in [2.05, 4.69) is 21.2 Å². The van der Waals surface area contributed by atoms with Crippen LogP contribution < -0.4 is 5.32 Å². The highest BCUT2D eigenvalue weighted by Crippen LogP contribution is 2.15. The van der Waals surface area contributed by atoms with E-state index in [9.17, 15) is 4.39 Å². The van der Waals surface area contributed by atoms with Crippen LogP contribution in [0, 0.1) is 5.82 Å². The Kier molecular flexibility index (Phi) is 5.83. The first-order valence-corrected chi connectivity index (χ1v) is 5.75. The second kappa shape index (κ2) is 6.93. The van der Waals surface area contributed by atoms with Gasteiger partial charge in [-0.15, -0.1) is 0 Å². The molecule has 0 aliphatic rings. The van der Waals surface area contributed by atoms with E-state index < -0.39 is 0 Å². The van der Waals surface area contributed by atoms with E-state index in [1.807, 2.05) is 13.0 Å². The molecule has 0 heterocycles. The summed E-state index contributed by atoms with van der Waals surface area (Å²) < 4.78 is 19.4. The van der Waals surface area contributed by atoms with Crippen LogP contribution in [0.15, 0.2) is 22.7 Å². The molecule has 0 aromatic heterocycles. The van der Waals surface area contributed by atoms with Gasteiger partial charge in [-0.3, -0.25) is 0 Å². The summed E-state index contributed by atoms with van der Waals surface area (Å²) >= 11 is 3.21. The van der Waals surface area contributed by atoms with Crippen molar-refractivity contribution < 1.29 is 9.13 Å². The average Bonchev–Trinajstić information content (AvgIpc) is 2.20. The predicted molar refractivity (Wildman–Crippen MR) is 62.3 cm³/mol. The Morgan fingerprint density at radius 2 is 2.27 bits per heavy atom. The maximum Gasteiger partial charge on any atom is 0.129 e. The van der Waals surface area contributed by atoms with Crippen molar-refractivity contribution in [3.8, 4) is 0 Å². The third-order valence-corrected chi connectivity index (χ3v) is 2.44. The Morgan fingerprint density at radius 3 is 2.93 bits per heavy atom. The predicted octanol–water partition coefficient (Wildman–Crippen LogP) is 2.71. The summed E-state index contributed by atoms with van der Waals surface area (Å²) in [6.07, 6.45) is 0. The standard InChI is InChI=1S/C11H15BrFNO/c1-2-14-5-6-15-8-9-3-4-10(12)7-11(9)13/h3-4,7,14H,2,5-6,8H2,1H3. The van der Waals surface area contributed by atoms with Crippen molar-refractivity contribution >= 4 is 15.9 Å². The number of rotatable bonds is 6. The first-order valence-electron chi connectivity index (χ1n) is 4.96. The van der Waals surface area contributed by atoms with Gasteiger partial charge in [-0.2, -0.15) is 0 Å². The molecule has 0 radical (unpaired) electrons. The van der Waals surface area contributed by atoms with Crippen molar-refractivity contribution in [1.29, 1.82) is 0 Å². The van der Waals surface area contributed by atoms with E-state index in [1.54, 1.807) is 6.07 Å². The number of hydrogen-bond donors (Lipinski definition) is 1. The van der Waals surface area contributed by atoms with Crippen LogP contribution in [0.5, 0.6) is 0 Å². The molecule has 0 amide bonds. The van der Waals surface area contributed by atoms with Crippen molar-refractivity contribution in [2.45, 2.75) is 13.5 Å². The SMILES string of the molecule is CCNCCOCc1ccc(Br)cc1F. The Hall–Kier alpha value is -0.450. The van der Waals surface area contributed by atoms with Crippen molar-refractivity contribution in [2.24, 2.45) is 0 Å². The highest BCUT2D eigenvalue weighted by Gasteiger charge is 2.02. The fourth-order valence-corrected chi connectivity index (χ4v) is 1.48. The van der Waals surface area contributed by atoms with Crippen LogP contribution in [0.2, 0.25) is 0 Å². The zero-order chi connectivity index (χ0) is 11.1. The average molecular weight is 276 g/mol. The smallest absolute Gasteiger partial charge is 0.129 e. The quantitative estimate of drug-likeness (QED) is 0.807. The molecule has 1 N–H and O–H groups in total. The molecule has 0 atom stereocenters. The van der Waals surface area contributed by atoms with E-state index in [-0.39, 0.29) is 5.82 Å². The summed E-state index contributed by atoms with van der Waals surface area (Å²) in [7, 11) is 0. The van der Waals surface area contributed by atoms with Gasteiger partial charge in [-0.05, 0) is 18.7 Å². The van der Waals surface area contributed by atoms with Crippen LogP contribution in [0.3, 0.4) is 0 Å². The van der Waals surface area contributed by atoms with Crippen LogP contribution in [-0.2, 0) is 11.3 Å². The third kappa shape index (κ3) is 4.73. The summed E-state index contributed by atoms with van der Waals surface area (Å²) in [6.45, 7) is 4.69. The minimum Gasteiger partial charge on any atom is -0.375 e. The minimum absolute atomic E-state index is 0.229. The van der Waals surface area contributed by atoms with E-state index in [4.69, 9.17) is 4.74 Å². The van der Waals surface area contributed by atoms with Crippen molar-refractivity contribution in [1.82, 2.24) is 5.32 Å². The van der Waals surface area contributed by atoms with Gasteiger partial charge in [0.25, 0.3) is 0 Å². The van der Waals surface area contributed by atoms with Gasteiger partial charge in [0.05, 0.1) is 13.2 Å². The number of nitrogens with one attached hydrogen (secondary N) is 1. The Morgan fingerprint density at radius 1 is 1.47 bits per heavy atom. The van der Waals surface area contributed by atoms with E-state index in [1.165, 1.54) is 6.07 Å². The molecule has 0 spiro atoms. The molecule has 0 fully saturated rings. The first-order chi connectivity index (χ1) is 7.24. The van der Waals surface area contributed by atoms with E-state index in [0.717, 1.165) is 17.6 Å². The highest BCUT2D eigenvalue weighted by molar-refractivity contribution is 9.10. The maximum atomic E-state index is 13.3. The topological polar surface area (TPSA) is 21.3 Å². The third-order valence-electron chi connectivity index (χ3n) is 1.95. The minimum atomic E-state index is -0.229. The van der Waals surface area contributed by atoms with Gasteiger partial charge < -0.3 is 10.1 Å². The first kappa shape index (κ1) is 12.6. The molecule has 2 nitrogen and oxygen atoms in total. The summed E-state index contributed by atoms with van der Waals surface area (Å²) in [6, 6.07) is 4.99. The lowest BCUT2D eigenvalue weighted by Crippen LogP contribution is -2.18. The number of halogens is 2. The molecule has 0 aliphatic carbocycles. The van der Waals surface area contributed by atoms with Crippen molar-refractivity contribution in [2.75, 3.05) is 19.7 Å². The Bertz CT molecular complexity index is 307. The lowest BCUT2D eigenvalue weighted by molar-refractivity contribution is 0.120. The van der Waals surface area contributed by atoms with E-state index >= 15 is 0 Å². The lowest BCUT2D eigenvalue weighted by atomic mass is 10.2. The molecule has 0 saturated carbocycles. The molecular weight excluding hydrogens is 261 g/mol. The number of hydrogen-bond acceptors (Lipinski definition) is 2. The molecule has 0 saturated heterocycles. The molecule has 0 bridgehead atoms. The highest BCUT2D eigenvalue weighted by atomic mass is 79.9.